The van der Waals surface area contributed by atoms with Gasteiger partial charge >= 0.3 is 0 Å². The van der Waals surface area contributed by atoms with E-state index in [1.54, 1.807) is 0 Å². The summed E-state index contributed by atoms with van der Waals surface area (Å²) >= 11 is 0. The van der Waals surface area contributed by atoms with Gasteiger partial charge in [-0.1, -0.05) is 6.92 Å². The summed E-state index contributed by atoms with van der Waals surface area (Å²) in [6.45, 7) is 4.46. The maximum atomic E-state index is 11.9. The van der Waals surface area contributed by atoms with Crippen molar-refractivity contribution in [1.29, 1.82) is 0 Å². The molecular formula is C17H29NO4. The summed E-state index contributed by atoms with van der Waals surface area (Å²) in [6.07, 6.45) is 7.86. The summed E-state index contributed by atoms with van der Waals surface area (Å²) in [7, 11) is 0. The van der Waals surface area contributed by atoms with Crippen molar-refractivity contribution in [3.8, 4) is 0 Å². The van der Waals surface area contributed by atoms with Gasteiger partial charge in [0.2, 0.25) is 5.91 Å². The quantitative estimate of drug-likeness (QED) is 0.764. The fourth-order valence-electron chi connectivity index (χ4n) is 3.71. The van der Waals surface area contributed by atoms with Gasteiger partial charge in [0.25, 0.3) is 0 Å². The maximum Gasteiger partial charge on any atom is 0.225 e. The Bertz CT molecular complexity index is 364. The second kappa shape index (κ2) is 7.75. The smallest absolute Gasteiger partial charge is 0.225 e. The molecule has 3 rings (SSSR count). The van der Waals surface area contributed by atoms with Gasteiger partial charge in [0.05, 0.1) is 18.6 Å². The lowest BCUT2D eigenvalue weighted by atomic mass is 9.78. The Morgan fingerprint density at radius 3 is 2.59 bits per heavy atom. The first kappa shape index (κ1) is 16.2. The molecule has 0 spiro atoms. The third-order valence-electron chi connectivity index (χ3n) is 5.17. The van der Waals surface area contributed by atoms with Crippen molar-refractivity contribution >= 4 is 5.91 Å². The summed E-state index contributed by atoms with van der Waals surface area (Å²) in [6, 6.07) is 0.224. The Morgan fingerprint density at radius 1 is 1.18 bits per heavy atom. The lowest BCUT2D eigenvalue weighted by molar-refractivity contribution is -0.173. The number of nitrogens with one attached hydrogen (secondary N) is 1. The Morgan fingerprint density at radius 2 is 1.95 bits per heavy atom. The molecule has 3 aliphatic heterocycles. The second-order valence-electron chi connectivity index (χ2n) is 6.97. The van der Waals surface area contributed by atoms with Crippen LogP contribution in [0.1, 0.15) is 51.9 Å². The highest BCUT2D eigenvalue weighted by molar-refractivity contribution is 5.85. The number of hydrogen-bond donors (Lipinski definition) is 1. The first-order valence-corrected chi connectivity index (χ1v) is 8.89. The topological polar surface area (TPSA) is 56.8 Å². The number of hydrogen-bond acceptors (Lipinski definition) is 4. The van der Waals surface area contributed by atoms with Crippen LogP contribution < -0.4 is 5.32 Å². The number of carbonyl (C=O) groups excluding carboxylic acids is 1. The lowest BCUT2D eigenvalue weighted by Gasteiger charge is -2.42. The standard InChI is InChI=1S/C17H29NO4/c1-12(11-22-15-7-3-5-9-21-15)16-14(17(19)18-16)10-13-6-2-4-8-20-13/h12-16H,2-11H2,1H3,(H,18,19). The Kier molecular flexibility index (Phi) is 5.71. The Balaban J connectivity index is 1.42. The molecule has 5 unspecified atom stereocenters. The second-order valence-corrected chi connectivity index (χ2v) is 6.97. The van der Waals surface area contributed by atoms with E-state index in [0.29, 0.717) is 12.5 Å². The predicted molar refractivity (Wildman–Crippen MR) is 82.3 cm³/mol. The fraction of sp³-hybridized carbons (Fsp3) is 0.941. The van der Waals surface area contributed by atoms with Gasteiger partial charge < -0.3 is 19.5 Å². The van der Waals surface area contributed by atoms with Gasteiger partial charge in [0, 0.05) is 25.2 Å². The van der Waals surface area contributed by atoms with Crippen LogP contribution in [0.5, 0.6) is 0 Å². The number of ether oxygens (including phenoxy) is 3. The lowest BCUT2D eigenvalue weighted by Crippen LogP contribution is -2.62. The van der Waals surface area contributed by atoms with Crippen LogP contribution in [0, 0.1) is 11.8 Å². The monoisotopic (exact) mass is 311 g/mol. The number of carbonyl (C=O) groups is 1. The maximum absolute atomic E-state index is 11.9. The zero-order valence-electron chi connectivity index (χ0n) is 13.6. The Labute approximate surface area is 133 Å². The van der Waals surface area contributed by atoms with E-state index in [2.05, 4.69) is 12.2 Å². The van der Waals surface area contributed by atoms with E-state index in [1.165, 1.54) is 12.8 Å². The largest absolute Gasteiger partial charge is 0.378 e. The van der Waals surface area contributed by atoms with Crippen LogP contribution in [0.15, 0.2) is 0 Å². The summed E-state index contributed by atoms with van der Waals surface area (Å²) < 4.78 is 17.3. The summed E-state index contributed by atoms with van der Waals surface area (Å²) in [5, 5.41) is 3.05. The first-order chi connectivity index (χ1) is 10.7. The van der Waals surface area contributed by atoms with E-state index in [9.17, 15) is 4.79 Å². The SMILES string of the molecule is CC(COC1CCCCO1)C1NC(=O)C1CC1CCCCO1. The van der Waals surface area contributed by atoms with E-state index in [4.69, 9.17) is 14.2 Å². The molecule has 22 heavy (non-hydrogen) atoms. The van der Waals surface area contributed by atoms with Crippen molar-refractivity contribution in [3.63, 3.8) is 0 Å². The minimum atomic E-state index is -0.0490. The van der Waals surface area contributed by atoms with Crippen molar-refractivity contribution in [3.05, 3.63) is 0 Å². The molecular weight excluding hydrogens is 282 g/mol. The molecule has 1 amide bonds. The molecule has 126 valence electrons. The average Bonchev–Trinajstić information content (AvgIpc) is 2.57. The molecule has 5 atom stereocenters. The summed E-state index contributed by atoms with van der Waals surface area (Å²) in [5.41, 5.74) is 0. The molecule has 1 N–H and O–H groups in total. The third kappa shape index (κ3) is 4.00. The fourth-order valence-corrected chi connectivity index (χ4v) is 3.71. The molecule has 0 radical (unpaired) electrons. The van der Waals surface area contributed by atoms with Crippen LogP contribution in [-0.4, -0.2) is 44.2 Å². The number of β-lactam (4-membered cyclic amide) rings is 1. The highest BCUT2D eigenvalue weighted by Crippen LogP contribution is 2.30. The van der Waals surface area contributed by atoms with E-state index < -0.39 is 0 Å². The molecule has 3 saturated heterocycles. The minimum absolute atomic E-state index is 0.0490. The van der Waals surface area contributed by atoms with E-state index >= 15 is 0 Å². The van der Waals surface area contributed by atoms with Crippen molar-refractivity contribution in [1.82, 2.24) is 5.32 Å². The molecule has 0 aliphatic carbocycles. The average molecular weight is 311 g/mol. The van der Waals surface area contributed by atoms with Gasteiger partial charge in [-0.05, 0) is 44.9 Å². The molecule has 0 aromatic carbocycles. The van der Waals surface area contributed by atoms with Gasteiger partial charge in [0.1, 0.15) is 0 Å². The Hall–Kier alpha value is -0.650. The predicted octanol–water partition coefficient (Wildman–Crippen LogP) is 2.24. The van der Waals surface area contributed by atoms with Crippen LogP contribution in [0.3, 0.4) is 0 Å². The number of rotatable bonds is 6. The molecule has 3 heterocycles. The van der Waals surface area contributed by atoms with Crippen molar-refractivity contribution in [2.24, 2.45) is 11.8 Å². The van der Waals surface area contributed by atoms with Gasteiger partial charge in [-0.15, -0.1) is 0 Å². The van der Waals surface area contributed by atoms with Crippen LogP contribution in [-0.2, 0) is 19.0 Å². The molecule has 0 aromatic rings. The van der Waals surface area contributed by atoms with Crippen molar-refractivity contribution in [2.45, 2.75) is 70.3 Å². The molecule has 0 bridgehead atoms. The minimum Gasteiger partial charge on any atom is -0.378 e. The van der Waals surface area contributed by atoms with E-state index in [1.807, 2.05) is 0 Å². The highest BCUT2D eigenvalue weighted by atomic mass is 16.7. The number of amides is 1. The van der Waals surface area contributed by atoms with Gasteiger partial charge in [-0.25, -0.2) is 0 Å². The van der Waals surface area contributed by atoms with Crippen LogP contribution in [0.4, 0.5) is 0 Å². The van der Waals surface area contributed by atoms with Crippen molar-refractivity contribution < 1.29 is 19.0 Å². The van der Waals surface area contributed by atoms with E-state index in [-0.39, 0.29) is 30.3 Å². The summed E-state index contributed by atoms with van der Waals surface area (Å²) in [4.78, 5) is 11.9. The molecule has 3 fully saturated rings. The summed E-state index contributed by atoms with van der Waals surface area (Å²) in [5.74, 6) is 0.589. The van der Waals surface area contributed by atoms with Crippen LogP contribution in [0.2, 0.25) is 0 Å². The van der Waals surface area contributed by atoms with Gasteiger partial charge in [0.15, 0.2) is 6.29 Å². The molecule has 5 heteroatoms. The van der Waals surface area contributed by atoms with Gasteiger partial charge in [-0.2, -0.15) is 0 Å². The zero-order chi connectivity index (χ0) is 15.4. The first-order valence-electron chi connectivity index (χ1n) is 8.89. The third-order valence-corrected chi connectivity index (χ3v) is 5.17. The van der Waals surface area contributed by atoms with Crippen LogP contribution in [0.25, 0.3) is 0 Å². The van der Waals surface area contributed by atoms with E-state index in [0.717, 1.165) is 45.3 Å². The van der Waals surface area contributed by atoms with Crippen molar-refractivity contribution in [2.75, 3.05) is 19.8 Å². The molecule has 5 nitrogen and oxygen atoms in total. The highest BCUT2D eigenvalue weighted by Gasteiger charge is 2.43. The normalized spacial score (nSPS) is 37.2. The molecule has 0 aromatic heterocycles. The zero-order valence-corrected chi connectivity index (χ0v) is 13.6. The van der Waals surface area contributed by atoms with Gasteiger partial charge in [-0.3, -0.25) is 4.79 Å². The van der Waals surface area contributed by atoms with Crippen LogP contribution >= 0.6 is 0 Å². The molecule has 3 aliphatic rings. The molecule has 0 saturated carbocycles.